The summed E-state index contributed by atoms with van der Waals surface area (Å²) in [5.74, 6) is -25.3. The molecule has 0 spiro atoms. The summed E-state index contributed by atoms with van der Waals surface area (Å²) in [6.07, 6.45) is 0. The largest absolute Gasteiger partial charge is 0.260 e. The van der Waals surface area contributed by atoms with Crippen LogP contribution in [0.1, 0.15) is 20.8 Å². The molecule has 0 saturated carbocycles. The summed E-state index contributed by atoms with van der Waals surface area (Å²) in [4.78, 5) is 0. The highest BCUT2D eigenvalue weighted by atomic mass is 28.3. The van der Waals surface area contributed by atoms with E-state index < -0.39 is 95.0 Å². The quantitative estimate of drug-likeness (QED) is 0.0678. The molecule has 0 unspecified atom stereocenters. The van der Waals surface area contributed by atoms with Crippen molar-refractivity contribution in [1.82, 2.24) is 0 Å². The van der Waals surface area contributed by atoms with Gasteiger partial charge in [-0.2, -0.15) is 10.2 Å². The lowest BCUT2D eigenvalue weighted by atomic mass is 9.36. The molecule has 0 aromatic heterocycles. The van der Waals surface area contributed by atoms with Gasteiger partial charge in [-0.25, -0.2) is 43.9 Å². The molecule has 0 heterocycles. The SMILES string of the molecule is CC(C)(C)[Si](C)(C)c1ccc(N=Nc2ccccc2B(c2c(F)c(F)c(F)c(F)c2F)c2c(F)c(F)c(F)c(F)c2F)cc1. The van der Waals surface area contributed by atoms with Gasteiger partial charge in [-0.1, -0.05) is 69.4 Å². The Morgan fingerprint density at radius 3 is 1.32 bits per heavy atom. The molecule has 4 aromatic rings. The van der Waals surface area contributed by atoms with Crippen molar-refractivity contribution in [2.24, 2.45) is 10.2 Å². The number of halogens is 10. The minimum atomic E-state index is -2.75. The van der Waals surface area contributed by atoms with Crippen molar-refractivity contribution in [3.8, 4) is 0 Å². The van der Waals surface area contributed by atoms with Crippen molar-refractivity contribution < 1.29 is 43.9 Å². The summed E-state index contributed by atoms with van der Waals surface area (Å²) in [5.41, 5.74) is -4.54. The molecule has 0 aliphatic carbocycles. The van der Waals surface area contributed by atoms with E-state index in [1.54, 1.807) is 12.1 Å². The van der Waals surface area contributed by atoms with E-state index in [0.29, 0.717) is 0 Å². The van der Waals surface area contributed by atoms with Crippen LogP contribution in [-0.2, 0) is 0 Å². The van der Waals surface area contributed by atoms with Crippen molar-refractivity contribution in [3.05, 3.63) is 107 Å². The van der Waals surface area contributed by atoms with Gasteiger partial charge in [-0.15, -0.1) is 0 Å². The predicted octanol–water partition coefficient (Wildman–Crippen LogP) is 7.72. The molecule has 0 radical (unpaired) electrons. The highest BCUT2D eigenvalue weighted by Gasteiger charge is 2.42. The summed E-state index contributed by atoms with van der Waals surface area (Å²) < 4.78 is 145. The fourth-order valence-electron chi connectivity index (χ4n) is 4.52. The molecule has 0 amide bonds. The first-order valence-corrected chi connectivity index (χ1v) is 16.1. The van der Waals surface area contributed by atoms with Crippen molar-refractivity contribution in [3.63, 3.8) is 0 Å². The van der Waals surface area contributed by atoms with E-state index in [2.05, 4.69) is 44.1 Å². The van der Waals surface area contributed by atoms with E-state index in [0.717, 1.165) is 23.4 Å². The van der Waals surface area contributed by atoms with Crippen molar-refractivity contribution >= 4 is 47.7 Å². The third-order valence-corrected chi connectivity index (χ3v) is 13.6. The van der Waals surface area contributed by atoms with Gasteiger partial charge in [0.1, 0.15) is 0 Å². The molecule has 0 N–H and O–H groups in total. The zero-order chi connectivity index (χ0) is 32.9. The lowest BCUT2D eigenvalue weighted by Gasteiger charge is -2.37. The second-order valence-electron chi connectivity index (χ2n) is 11.6. The Morgan fingerprint density at radius 1 is 0.523 bits per heavy atom. The maximum atomic E-state index is 15.1. The highest BCUT2D eigenvalue weighted by Crippen LogP contribution is 2.35. The molecule has 4 rings (SSSR count). The van der Waals surface area contributed by atoms with Crippen LogP contribution in [0.15, 0.2) is 58.8 Å². The Bertz CT molecular complexity index is 1660. The van der Waals surface area contributed by atoms with Gasteiger partial charge in [0.05, 0.1) is 19.4 Å². The van der Waals surface area contributed by atoms with Crippen molar-refractivity contribution in [2.75, 3.05) is 0 Å². The summed E-state index contributed by atoms with van der Waals surface area (Å²) >= 11 is 0. The smallest absolute Gasteiger partial charge is 0.204 e. The molecule has 14 heteroatoms. The molecule has 44 heavy (non-hydrogen) atoms. The van der Waals surface area contributed by atoms with Crippen LogP contribution >= 0.6 is 0 Å². The third kappa shape index (κ3) is 5.55. The topological polar surface area (TPSA) is 24.7 Å². The molecule has 0 aliphatic heterocycles. The van der Waals surface area contributed by atoms with E-state index in [1.807, 2.05) is 12.1 Å². The van der Waals surface area contributed by atoms with Crippen LogP contribution in [0.5, 0.6) is 0 Å². The van der Waals surface area contributed by atoms with Crippen LogP contribution in [0, 0.1) is 58.2 Å². The van der Waals surface area contributed by atoms with Crippen LogP contribution in [0.25, 0.3) is 0 Å². The van der Waals surface area contributed by atoms with Gasteiger partial charge in [-0.3, -0.25) is 0 Å². The molecule has 0 bridgehead atoms. The van der Waals surface area contributed by atoms with E-state index in [4.69, 9.17) is 0 Å². The zero-order valence-electron chi connectivity index (χ0n) is 23.9. The van der Waals surface area contributed by atoms with Crippen LogP contribution in [0.2, 0.25) is 18.1 Å². The molecule has 230 valence electrons. The Kier molecular flexibility index (Phi) is 8.89. The maximum Gasteiger partial charge on any atom is 0.260 e. The molecule has 0 atom stereocenters. The van der Waals surface area contributed by atoms with Gasteiger partial charge in [0.2, 0.25) is 0 Å². The summed E-state index contributed by atoms with van der Waals surface area (Å²) in [6, 6.07) is 11.4. The van der Waals surface area contributed by atoms with Gasteiger partial charge < -0.3 is 0 Å². The fourth-order valence-corrected chi connectivity index (χ4v) is 6.38. The van der Waals surface area contributed by atoms with E-state index in [9.17, 15) is 26.3 Å². The lowest BCUT2D eigenvalue weighted by Crippen LogP contribution is -2.58. The van der Waals surface area contributed by atoms with Gasteiger partial charge in [-0.05, 0) is 28.7 Å². The molecular weight excluding hydrogens is 617 g/mol. The summed E-state index contributed by atoms with van der Waals surface area (Å²) in [6.45, 7) is 7.97. The van der Waals surface area contributed by atoms with Gasteiger partial charge in [0.25, 0.3) is 6.71 Å². The number of nitrogens with zero attached hydrogens (tertiary/aromatic N) is 2. The predicted molar refractivity (Wildman–Crippen MR) is 151 cm³/mol. The van der Waals surface area contributed by atoms with E-state index >= 15 is 17.6 Å². The second-order valence-corrected chi connectivity index (χ2v) is 16.9. The Hall–Kier alpha value is -3.94. The molecule has 0 fully saturated rings. The lowest BCUT2D eigenvalue weighted by molar-refractivity contribution is 0.382. The summed E-state index contributed by atoms with van der Waals surface area (Å²) in [7, 11) is -1.93. The van der Waals surface area contributed by atoms with Crippen LogP contribution in [-0.4, -0.2) is 14.8 Å². The number of azo groups is 1. The highest BCUT2D eigenvalue weighted by molar-refractivity contribution is 6.96. The first kappa shape index (κ1) is 33.0. The van der Waals surface area contributed by atoms with Crippen molar-refractivity contribution in [2.45, 2.75) is 38.9 Å². The van der Waals surface area contributed by atoms with E-state index in [-0.39, 0.29) is 10.7 Å². The standard InChI is InChI=1S/C30H23BF10N2Si/c1-30(2,3)44(4,5)15-12-10-14(11-13-15)42-43-17-9-7-6-8-16(17)31(18-20(32)24(36)28(40)25(37)21(18)33)19-22(34)26(38)29(41)27(39)23(19)35/h6-13H,1-5H3. The molecule has 0 aliphatic rings. The first-order chi connectivity index (χ1) is 20.4. The monoisotopic (exact) mass is 640 g/mol. The normalized spacial score (nSPS) is 12.3. The second kappa shape index (κ2) is 11.9. The van der Waals surface area contributed by atoms with Crippen LogP contribution in [0.3, 0.4) is 0 Å². The summed E-state index contributed by atoms with van der Waals surface area (Å²) in [5, 5.41) is 9.08. The Balaban J connectivity index is 1.96. The van der Waals surface area contributed by atoms with Crippen LogP contribution < -0.4 is 21.6 Å². The van der Waals surface area contributed by atoms with Crippen LogP contribution in [0.4, 0.5) is 55.3 Å². The zero-order valence-corrected chi connectivity index (χ0v) is 24.9. The minimum Gasteiger partial charge on any atom is -0.204 e. The van der Waals surface area contributed by atoms with Gasteiger partial charge in [0.15, 0.2) is 58.2 Å². The number of benzene rings is 4. The first-order valence-electron chi connectivity index (χ1n) is 13.1. The van der Waals surface area contributed by atoms with Crippen molar-refractivity contribution in [1.29, 1.82) is 0 Å². The maximum absolute atomic E-state index is 15.1. The van der Waals surface area contributed by atoms with E-state index in [1.165, 1.54) is 6.07 Å². The average Bonchev–Trinajstić information content (AvgIpc) is 2.99. The van der Waals surface area contributed by atoms with Gasteiger partial charge >= 0.3 is 0 Å². The number of rotatable bonds is 6. The Morgan fingerprint density at radius 2 is 0.909 bits per heavy atom. The number of hydrogen-bond acceptors (Lipinski definition) is 2. The fraction of sp³-hybridized carbons (Fsp3) is 0.200. The average molecular weight is 640 g/mol. The number of hydrogen-bond donors (Lipinski definition) is 0. The molecule has 4 aromatic carbocycles. The third-order valence-electron chi connectivity index (χ3n) is 8.05. The molecule has 0 saturated heterocycles. The molecule has 2 nitrogen and oxygen atoms in total. The van der Waals surface area contributed by atoms with Gasteiger partial charge in [0, 0.05) is 10.9 Å². The molecular formula is C30H23BF10N2Si. The minimum absolute atomic E-state index is 0.0116. The Labute approximate surface area is 247 Å².